The molecule has 1 N–H and O–H groups in total. The first-order valence-corrected chi connectivity index (χ1v) is 11.6. The van der Waals surface area contributed by atoms with E-state index in [9.17, 15) is 0 Å². The summed E-state index contributed by atoms with van der Waals surface area (Å²) in [5.41, 5.74) is 2.01. The van der Waals surface area contributed by atoms with Crippen LogP contribution in [0.5, 0.6) is 0 Å². The lowest BCUT2D eigenvalue weighted by atomic mass is 10.1. The summed E-state index contributed by atoms with van der Waals surface area (Å²) in [7, 11) is 0. The van der Waals surface area contributed by atoms with E-state index in [2.05, 4.69) is 60.5 Å². The molecule has 4 aromatic rings. The second kappa shape index (κ2) is 10.6. The quantitative estimate of drug-likeness (QED) is 0.229. The minimum absolute atomic E-state index is 0.689. The average molecular weight is 445 g/mol. The maximum atomic E-state index is 6.00. The largest absolute Gasteiger partial charge is 0.369 e. The van der Waals surface area contributed by atoms with Gasteiger partial charge >= 0.3 is 0 Å². The smallest absolute Gasteiger partial charge is 0.154 e. The molecular formula is C27H29ClN4. The number of benzene rings is 3. The molecule has 1 aromatic heterocycles. The van der Waals surface area contributed by atoms with Gasteiger partial charge in [0.05, 0.1) is 5.52 Å². The van der Waals surface area contributed by atoms with Crippen LogP contribution in [0.4, 0.5) is 5.82 Å². The van der Waals surface area contributed by atoms with Crippen molar-refractivity contribution >= 4 is 51.2 Å². The first kappa shape index (κ1) is 22.3. The van der Waals surface area contributed by atoms with Crippen LogP contribution >= 0.6 is 11.6 Å². The van der Waals surface area contributed by atoms with Gasteiger partial charge in [0.1, 0.15) is 5.82 Å². The molecule has 0 amide bonds. The first-order chi connectivity index (χ1) is 15.7. The molecule has 0 atom stereocenters. The van der Waals surface area contributed by atoms with Gasteiger partial charge in [-0.15, -0.1) is 0 Å². The van der Waals surface area contributed by atoms with Crippen molar-refractivity contribution in [1.82, 2.24) is 14.9 Å². The van der Waals surface area contributed by atoms with E-state index in [-0.39, 0.29) is 0 Å². The predicted molar refractivity (Wildman–Crippen MR) is 138 cm³/mol. The molecule has 0 saturated carbocycles. The molecule has 0 aliphatic heterocycles. The predicted octanol–water partition coefficient (Wildman–Crippen LogP) is 6.75. The van der Waals surface area contributed by atoms with Crippen molar-refractivity contribution in [2.75, 3.05) is 31.5 Å². The van der Waals surface area contributed by atoms with Crippen molar-refractivity contribution in [3.05, 3.63) is 77.1 Å². The third-order valence-corrected chi connectivity index (χ3v) is 5.97. The van der Waals surface area contributed by atoms with Gasteiger partial charge in [0.2, 0.25) is 0 Å². The lowest BCUT2D eigenvalue weighted by molar-refractivity contribution is 0.303. The number of hydrogen-bond acceptors (Lipinski definition) is 4. The number of aromatic nitrogens is 2. The van der Waals surface area contributed by atoms with Crippen LogP contribution in [0.15, 0.2) is 60.7 Å². The number of halogens is 1. The van der Waals surface area contributed by atoms with Gasteiger partial charge in [-0.3, -0.25) is 0 Å². The van der Waals surface area contributed by atoms with Crippen LogP contribution < -0.4 is 5.32 Å². The Bertz CT molecular complexity index is 1210. The maximum Gasteiger partial charge on any atom is 0.154 e. The van der Waals surface area contributed by atoms with Gasteiger partial charge in [0, 0.05) is 17.0 Å². The van der Waals surface area contributed by atoms with Crippen LogP contribution in [0.2, 0.25) is 5.02 Å². The van der Waals surface area contributed by atoms with E-state index >= 15 is 0 Å². The summed E-state index contributed by atoms with van der Waals surface area (Å²) in [6, 6.07) is 20.5. The molecule has 0 bridgehead atoms. The summed E-state index contributed by atoms with van der Waals surface area (Å²) < 4.78 is 0. The minimum atomic E-state index is 0.689. The van der Waals surface area contributed by atoms with E-state index in [1.807, 2.05) is 36.4 Å². The fourth-order valence-corrected chi connectivity index (χ4v) is 3.96. The molecule has 3 aromatic carbocycles. The number of nitrogens with zero attached hydrogens (tertiary/aromatic N) is 3. The van der Waals surface area contributed by atoms with Crippen LogP contribution in [0.1, 0.15) is 31.7 Å². The van der Waals surface area contributed by atoms with Crippen molar-refractivity contribution in [2.24, 2.45) is 0 Å². The van der Waals surface area contributed by atoms with E-state index in [1.165, 1.54) is 10.8 Å². The summed E-state index contributed by atoms with van der Waals surface area (Å²) in [5.74, 6) is 1.57. The van der Waals surface area contributed by atoms with E-state index in [0.717, 1.165) is 59.9 Å². The molecule has 0 radical (unpaired) electrons. The standard InChI is InChI=1S/C27H29ClN4/c1-3-32(4-2)17-7-16-29-27-24-18-21-8-5-6-9-22(21)19-25(24)30-26(31-27)15-12-20-10-13-23(28)14-11-20/h5-6,8-15,18-19H,3-4,7,16-17H2,1-2H3,(H,29,30,31)/b15-12+. The Morgan fingerprint density at radius 1 is 0.906 bits per heavy atom. The zero-order valence-electron chi connectivity index (χ0n) is 18.7. The molecule has 0 saturated heterocycles. The summed E-state index contributed by atoms with van der Waals surface area (Å²) in [5, 5.41) is 7.73. The van der Waals surface area contributed by atoms with E-state index in [0.29, 0.717) is 5.82 Å². The minimum Gasteiger partial charge on any atom is -0.369 e. The molecule has 4 nitrogen and oxygen atoms in total. The van der Waals surface area contributed by atoms with Gasteiger partial charge < -0.3 is 10.2 Å². The number of hydrogen-bond donors (Lipinski definition) is 1. The fourth-order valence-electron chi connectivity index (χ4n) is 3.84. The first-order valence-electron chi connectivity index (χ1n) is 11.3. The molecule has 32 heavy (non-hydrogen) atoms. The molecular weight excluding hydrogens is 416 g/mol. The molecule has 0 aliphatic rings. The van der Waals surface area contributed by atoms with Gasteiger partial charge in [-0.2, -0.15) is 0 Å². The van der Waals surface area contributed by atoms with Crippen LogP contribution in [-0.4, -0.2) is 41.0 Å². The molecule has 0 fully saturated rings. The highest BCUT2D eigenvalue weighted by atomic mass is 35.5. The summed E-state index contributed by atoms with van der Waals surface area (Å²) in [6.45, 7) is 8.53. The highest BCUT2D eigenvalue weighted by Crippen LogP contribution is 2.27. The lowest BCUT2D eigenvalue weighted by Crippen LogP contribution is -2.25. The second-order valence-corrected chi connectivity index (χ2v) is 8.28. The van der Waals surface area contributed by atoms with Crippen molar-refractivity contribution in [3.63, 3.8) is 0 Å². The summed E-state index contributed by atoms with van der Waals surface area (Å²) in [4.78, 5) is 12.1. The monoisotopic (exact) mass is 444 g/mol. The number of fused-ring (bicyclic) bond motifs is 2. The Kier molecular flexibility index (Phi) is 7.35. The topological polar surface area (TPSA) is 41.0 Å². The normalized spacial score (nSPS) is 11.8. The molecule has 1 heterocycles. The highest BCUT2D eigenvalue weighted by Gasteiger charge is 2.09. The van der Waals surface area contributed by atoms with E-state index in [1.54, 1.807) is 0 Å². The highest BCUT2D eigenvalue weighted by molar-refractivity contribution is 6.30. The van der Waals surface area contributed by atoms with E-state index < -0.39 is 0 Å². The van der Waals surface area contributed by atoms with Crippen molar-refractivity contribution in [3.8, 4) is 0 Å². The Balaban J connectivity index is 1.64. The Labute approximate surface area is 194 Å². The molecule has 5 heteroatoms. The van der Waals surface area contributed by atoms with Crippen LogP contribution in [0.25, 0.3) is 33.8 Å². The Morgan fingerprint density at radius 2 is 1.62 bits per heavy atom. The molecule has 4 rings (SSSR count). The Morgan fingerprint density at radius 3 is 2.34 bits per heavy atom. The van der Waals surface area contributed by atoms with Crippen LogP contribution in [0, 0.1) is 0 Å². The van der Waals surface area contributed by atoms with Gasteiger partial charge in [0.25, 0.3) is 0 Å². The van der Waals surface area contributed by atoms with Gasteiger partial charge in [0.15, 0.2) is 5.82 Å². The molecule has 0 spiro atoms. The zero-order chi connectivity index (χ0) is 22.3. The van der Waals surface area contributed by atoms with Gasteiger partial charge in [-0.05, 0) is 72.7 Å². The zero-order valence-corrected chi connectivity index (χ0v) is 19.4. The molecule has 0 aliphatic carbocycles. The van der Waals surface area contributed by atoms with E-state index in [4.69, 9.17) is 21.6 Å². The summed E-state index contributed by atoms with van der Waals surface area (Å²) in [6.07, 6.45) is 5.04. The third kappa shape index (κ3) is 5.45. The fraction of sp³-hybridized carbons (Fsp3) is 0.259. The van der Waals surface area contributed by atoms with Crippen molar-refractivity contribution in [1.29, 1.82) is 0 Å². The van der Waals surface area contributed by atoms with Crippen molar-refractivity contribution in [2.45, 2.75) is 20.3 Å². The Hall–Kier alpha value is -2.95. The van der Waals surface area contributed by atoms with Gasteiger partial charge in [-0.1, -0.05) is 67.9 Å². The number of rotatable bonds is 9. The molecule has 164 valence electrons. The van der Waals surface area contributed by atoms with Crippen LogP contribution in [-0.2, 0) is 0 Å². The van der Waals surface area contributed by atoms with Crippen LogP contribution in [0.3, 0.4) is 0 Å². The third-order valence-electron chi connectivity index (χ3n) is 5.71. The SMILES string of the molecule is CCN(CC)CCCNc1nc(/C=C/c2ccc(Cl)cc2)nc2cc3ccccc3cc12. The average Bonchev–Trinajstić information content (AvgIpc) is 2.82. The van der Waals surface area contributed by atoms with Crippen molar-refractivity contribution < 1.29 is 0 Å². The number of anilines is 1. The second-order valence-electron chi connectivity index (χ2n) is 7.84. The lowest BCUT2D eigenvalue weighted by Gasteiger charge is -2.18. The van der Waals surface area contributed by atoms with Gasteiger partial charge in [-0.25, -0.2) is 9.97 Å². The maximum absolute atomic E-state index is 6.00. The number of nitrogens with one attached hydrogen (secondary N) is 1. The summed E-state index contributed by atoms with van der Waals surface area (Å²) >= 11 is 6.00. The molecule has 0 unspecified atom stereocenters.